The first-order valence-corrected chi connectivity index (χ1v) is 14.6. The van der Waals surface area contributed by atoms with Gasteiger partial charge in [0.1, 0.15) is 31.0 Å². The number of carbonyl (C=O) groups excluding carboxylic acids is 2. The maximum absolute atomic E-state index is 12.4. The smallest absolute Gasteiger partial charge is 0.306 e. The largest absolute Gasteiger partial charge is 0.462 e. The van der Waals surface area contributed by atoms with Gasteiger partial charge in [-0.3, -0.25) is 9.59 Å². The molecule has 0 bridgehead atoms. The van der Waals surface area contributed by atoms with Gasteiger partial charge in [0.2, 0.25) is 0 Å². The van der Waals surface area contributed by atoms with Crippen LogP contribution in [0.1, 0.15) is 110 Å². The summed E-state index contributed by atoms with van der Waals surface area (Å²) < 4.78 is 21.6. The van der Waals surface area contributed by atoms with E-state index in [9.17, 15) is 30.0 Å². The maximum Gasteiger partial charge on any atom is 0.306 e. The minimum Gasteiger partial charge on any atom is -0.462 e. The standard InChI is InChI=1S/C28H52O10/c1-3-5-7-8-9-10-11-12-13-15-17-24(31)37-21(19-35-23(30)16-14-6-4-2)20-36-28-27(34)26(33)25(32)22(18-29)38-28/h21-22,25-29,32-34H,3-20H2,1-2H3/t21-,22-,25+,26+,27-,28-/m1/s1. The van der Waals surface area contributed by atoms with Crippen LogP contribution >= 0.6 is 0 Å². The molecule has 0 saturated carbocycles. The molecule has 1 heterocycles. The lowest BCUT2D eigenvalue weighted by atomic mass is 9.99. The quantitative estimate of drug-likeness (QED) is 0.117. The van der Waals surface area contributed by atoms with Gasteiger partial charge in [0.25, 0.3) is 0 Å². The lowest BCUT2D eigenvalue weighted by Gasteiger charge is -2.39. The SMILES string of the molecule is CCCCCCCCCCCCC(=O)O[C@H](COC(=O)CCCCC)CO[C@@H]1O[C@H](CO)[C@H](O)[C@H](O)[C@H]1O. The predicted octanol–water partition coefficient (Wildman–Crippen LogP) is 3.15. The van der Waals surface area contributed by atoms with E-state index in [1.807, 2.05) is 6.92 Å². The van der Waals surface area contributed by atoms with Gasteiger partial charge in [0.05, 0.1) is 13.2 Å². The molecule has 1 rings (SSSR count). The average Bonchev–Trinajstić information content (AvgIpc) is 2.91. The minimum atomic E-state index is -1.58. The zero-order valence-corrected chi connectivity index (χ0v) is 23.4. The van der Waals surface area contributed by atoms with Gasteiger partial charge < -0.3 is 39.4 Å². The van der Waals surface area contributed by atoms with Crippen LogP contribution in [0.15, 0.2) is 0 Å². The summed E-state index contributed by atoms with van der Waals surface area (Å²) in [6.07, 6.45) is 6.48. The van der Waals surface area contributed by atoms with E-state index in [0.717, 1.165) is 32.1 Å². The van der Waals surface area contributed by atoms with E-state index in [2.05, 4.69) is 6.92 Å². The van der Waals surface area contributed by atoms with E-state index >= 15 is 0 Å². The molecular weight excluding hydrogens is 496 g/mol. The van der Waals surface area contributed by atoms with E-state index in [4.69, 9.17) is 18.9 Å². The summed E-state index contributed by atoms with van der Waals surface area (Å²) in [4.78, 5) is 24.5. The number of esters is 2. The summed E-state index contributed by atoms with van der Waals surface area (Å²) in [5.41, 5.74) is 0. The number of rotatable bonds is 22. The third kappa shape index (κ3) is 14.7. The maximum atomic E-state index is 12.4. The zero-order chi connectivity index (χ0) is 28.2. The fourth-order valence-electron chi connectivity index (χ4n) is 4.30. The molecule has 0 aliphatic carbocycles. The van der Waals surface area contributed by atoms with Crippen molar-refractivity contribution >= 4 is 11.9 Å². The van der Waals surface area contributed by atoms with Crippen molar-refractivity contribution in [2.24, 2.45) is 0 Å². The third-order valence-electron chi connectivity index (χ3n) is 6.74. The van der Waals surface area contributed by atoms with Crippen molar-refractivity contribution in [3.8, 4) is 0 Å². The normalized spacial score (nSPS) is 24.2. The van der Waals surface area contributed by atoms with Crippen LogP contribution in [-0.4, -0.2) is 89.0 Å². The lowest BCUT2D eigenvalue weighted by molar-refractivity contribution is -0.305. The first kappa shape index (κ1) is 34.7. The van der Waals surface area contributed by atoms with Gasteiger partial charge in [-0.15, -0.1) is 0 Å². The Balaban J connectivity index is 2.47. The van der Waals surface area contributed by atoms with Crippen molar-refractivity contribution in [3.63, 3.8) is 0 Å². The van der Waals surface area contributed by atoms with Crippen LogP contribution in [0.4, 0.5) is 0 Å². The van der Waals surface area contributed by atoms with Gasteiger partial charge >= 0.3 is 11.9 Å². The molecule has 1 saturated heterocycles. The Morgan fingerprint density at radius 1 is 0.711 bits per heavy atom. The molecule has 0 aromatic rings. The van der Waals surface area contributed by atoms with Crippen LogP contribution in [0.3, 0.4) is 0 Å². The van der Waals surface area contributed by atoms with Gasteiger partial charge in [-0.05, 0) is 12.8 Å². The molecular formula is C28H52O10. The third-order valence-corrected chi connectivity index (χ3v) is 6.74. The highest BCUT2D eigenvalue weighted by molar-refractivity contribution is 5.70. The van der Waals surface area contributed by atoms with Gasteiger partial charge in [-0.1, -0.05) is 84.5 Å². The second-order valence-corrected chi connectivity index (χ2v) is 10.2. The molecule has 0 aromatic carbocycles. The molecule has 0 aromatic heterocycles. The molecule has 0 amide bonds. The second-order valence-electron chi connectivity index (χ2n) is 10.2. The van der Waals surface area contributed by atoms with Crippen molar-refractivity contribution in [1.82, 2.24) is 0 Å². The molecule has 0 spiro atoms. The lowest BCUT2D eigenvalue weighted by Crippen LogP contribution is -2.59. The minimum absolute atomic E-state index is 0.216. The van der Waals surface area contributed by atoms with Crippen LogP contribution in [0.5, 0.6) is 0 Å². The highest BCUT2D eigenvalue weighted by Crippen LogP contribution is 2.22. The van der Waals surface area contributed by atoms with Crippen LogP contribution in [0, 0.1) is 0 Å². The Morgan fingerprint density at radius 2 is 1.24 bits per heavy atom. The molecule has 4 N–H and O–H groups in total. The Bertz CT molecular complexity index is 614. The van der Waals surface area contributed by atoms with E-state index in [0.29, 0.717) is 12.8 Å². The molecule has 224 valence electrons. The number of carbonyl (C=O) groups is 2. The summed E-state index contributed by atoms with van der Waals surface area (Å²) in [6.45, 7) is 3.17. The number of hydrogen-bond donors (Lipinski definition) is 4. The number of aliphatic hydroxyl groups excluding tert-OH is 4. The van der Waals surface area contributed by atoms with Crippen molar-refractivity contribution in [3.05, 3.63) is 0 Å². The van der Waals surface area contributed by atoms with E-state index in [-0.39, 0.29) is 26.1 Å². The number of aliphatic hydroxyl groups is 4. The van der Waals surface area contributed by atoms with Crippen LogP contribution in [-0.2, 0) is 28.5 Å². The molecule has 1 aliphatic heterocycles. The Labute approximate surface area is 228 Å². The molecule has 10 heteroatoms. The summed E-state index contributed by atoms with van der Waals surface area (Å²) >= 11 is 0. The summed E-state index contributed by atoms with van der Waals surface area (Å²) in [5.74, 6) is -0.837. The zero-order valence-electron chi connectivity index (χ0n) is 23.4. The fourth-order valence-corrected chi connectivity index (χ4v) is 4.30. The monoisotopic (exact) mass is 548 g/mol. The topological polar surface area (TPSA) is 152 Å². The Hall–Kier alpha value is -1.30. The molecule has 6 atom stereocenters. The van der Waals surface area contributed by atoms with Crippen molar-refractivity contribution in [2.45, 2.75) is 147 Å². The van der Waals surface area contributed by atoms with Gasteiger partial charge in [0.15, 0.2) is 12.4 Å². The van der Waals surface area contributed by atoms with Gasteiger partial charge in [-0.25, -0.2) is 0 Å². The molecule has 0 unspecified atom stereocenters. The van der Waals surface area contributed by atoms with E-state index < -0.39 is 55.4 Å². The highest BCUT2D eigenvalue weighted by Gasteiger charge is 2.44. The average molecular weight is 549 g/mol. The van der Waals surface area contributed by atoms with Crippen LogP contribution in [0.25, 0.3) is 0 Å². The first-order valence-electron chi connectivity index (χ1n) is 14.6. The van der Waals surface area contributed by atoms with Crippen molar-refractivity contribution in [1.29, 1.82) is 0 Å². The van der Waals surface area contributed by atoms with Gasteiger partial charge in [-0.2, -0.15) is 0 Å². The van der Waals surface area contributed by atoms with Crippen LogP contribution in [0.2, 0.25) is 0 Å². The highest BCUT2D eigenvalue weighted by atomic mass is 16.7. The first-order chi connectivity index (χ1) is 18.3. The molecule has 10 nitrogen and oxygen atoms in total. The Morgan fingerprint density at radius 3 is 1.84 bits per heavy atom. The summed E-state index contributed by atoms with van der Waals surface area (Å²) in [6, 6.07) is 0. The predicted molar refractivity (Wildman–Crippen MR) is 141 cm³/mol. The molecule has 0 radical (unpaired) electrons. The Kier molecular flexibility index (Phi) is 19.7. The molecule has 38 heavy (non-hydrogen) atoms. The van der Waals surface area contributed by atoms with E-state index in [1.165, 1.54) is 38.5 Å². The van der Waals surface area contributed by atoms with Crippen LogP contribution < -0.4 is 0 Å². The summed E-state index contributed by atoms with van der Waals surface area (Å²) in [5, 5.41) is 39.4. The number of unbranched alkanes of at least 4 members (excludes halogenated alkanes) is 11. The van der Waals surface area contributed by atoms with Crippen molar-refractivity contribution in [2.75, 3.05) is 19.8 Å². The molecule has 1 aliphatic rings. The molecule has 1 fully saturated rings. The van der Waals surface area contributed by atoms with E-state index in [1.54, 1.807) is 0 Å². The number of hydrogen-bond acceptors (Lipinski definition) is 10. The second kappa shape index (κ2) is 21.5. The summed E-state index contributed by atoms with van der Waals surface area (Å²) in [7, 11) is 0. The van der Waals surface area contributed by atoms with Crippen molar-refractivity contribution < 1.29 is 49.0 Å². The van der Waals surface area contributed by atoms with Gasteiger partial charge in [0, 0.05) is 12.8 Å². The fraction of sp³-hybridized carbons (Fsp3) is 0.929. The number of ether oxygens (including phenoxy) is 4.